The SMILES string of the molecule is Cc1ccc(C(C)NC(=O)c2nonc2N)cc1F. The predicted octanol–water partition coefficient (Wildman–Crippen LogP) is 1.59. The summed E-state index contributed by atoms with van der Waals surface area (Å²) in [6.45, 7) is 3.40. The molecule has 19 heavy (non-hydrogen) atoms. The van der Waals surface area contributed by atoms with Crippen LogP contribution >= 0.6 is 0 Å². The van der Waals surface area contributed by atoms with E-state index in [1.54, 1.807) is 26.0 Å². The van der Waals surface area contributed by atoms with Gasteiger partial charge in [0.1, 0.15) is 5.82 Å². The first-order valence-electron chi connectivity index (χ1n) is 5.64. The number of hydrogen-bond acceptors (Lipinski definition) is 5. The second-order valence-corrected chi connectivity index (χ2v) is 4.20. The smallest absolute Gasteiger partial charge is 0.277 e. The normalized spacial score (nSPS) is 12.2. The van der Waals surface area contributed by atoms with Crippen LogP contribution in [0, 0.1) is 12.7 Å². The van der Waals surface area contributed by atoms with Crippen molar-refractivity contribution in [3.8, 4) is 0 Å². The Morgan fingerprint density at radius 3 is 2.79 bits per heavy atom. The van der Waals surface area contributed by atoms with E-state index in [4.69, 9.17) is 5.73 Å². The largest absolute Gasteiger partial charge is 0.379 e. The van der Waals surface area contributed by atoms with Crippen molar-refractivity contribution in [3.63, 3.8) is 0 Å². The van der Waals surface area contributed by atoms with E-state index in [1.807, 2.05) is 0 Å². The lowest BCUT2D eigenvalue weighted by molar-refractivity contribution is 0.0930. The Bertz CT molecular complexity index is 612. The van der Waals surface area contributed by atoms with E-state index in [9.17, 15) is 9.18 Å². The third-order valence-electron chi connectivity index (χ3n) is 2.77. The molecular formula is C12H13FN4O2. The Morgan fingerprint density at radius 1 is 1.47 bits per heavy atom. The van der Waals surface area contributed by atoms with E-state index in [-0.39, 0.29) is 17.3 Å². The van der Waals surface area contributed by atoms with Crippen LogP contribution in [0.2, 0.25) is 0 Å². The molecule has 2 aromatic rings. The van der Waals surface area contributed by atoms with Crippen LogP contribution in [0.25, 0.3) is 0 Å². The second kappa shape index (κ2) is 5.05. The quantitative estimate of drug-likeness (QED) is 0.877. The van der Waals surface area contributed by atoms with Crippen LogP contribution in [0.5, 0.6) is 0 Å². The number of carbonyl (C=O) groups is 1. The van der Waals surface area contributed by atoms with Gasteiger partial charge in [0.15, 0.2) is 0 Å². The molecule has 1 heterocycles. The summed E-state index contributed by atoms with van der Waals surface area (Å²) in [5.74, 6) is -0.923. The van der Waals surface area contributed by atoms with Crippen molar-refractivity contribution >= 4 is 11.7 Å². The van der Waals surface area contributed by atoms with Crippen molar-refractivity contribution in [1.82, 2.24) is 15.6 Å². The molecule has 100 valence electrons. The van der Waals surface area contributed by atoms with Gasteiger partial charge in [-0.25, -0.2) is 9.02 Å². The Balaban J connectivity index is 2.13. The molecule has 0 aliphatic rings. The summed E-state index contributed by atoms with van der Waals surface area (Å²) in [5.41, 5.74) is 6.52. The highest BCUT2D eigenvalue weighted by Crippen LogP contribution is 2.17. The Labute approximate surface area is 108 Å². The number of halogens is 1. The number of rotatable bonds is 3. The molecule has 1 unspecified atom stereocenters. The number of nitrogen functional groups attached to an aromatic ring is 1. The van der Waals surface area contributed by atoms with Gasteiger partial charge in [-0.2, -0.15) is 0 Å². The van der Waals surface area contributed by atoms with Crippen LogP contribution in [0.4, 0.5) is 10.2 Å². The number of aryl methyl sites for hydroxylation is 1. The van der Waals surface area contributed by atoms with E-state index >= 15 is 0 Å². The molecule has 0 saturated carbocycles. The number of hydrogen-bond donors (Lipinski definition) is 2. The molecular weight excluding hydrogens is 251 g/mol. The minimum Gasteiger partial charge on any atom is -0.379 e. The van der Waals surface area contributed by atoms with Crippen LogP contribution in [0.15, 0.2) is 22.8 Å². The summed E-state index contributed by atoms with van der Waals surface area (Å²) >= 11 is 0. The fourth-order valence-corrected chi connectivity index (χ4v) is 1.58. The van der Waals surface area contributed by atoms with Crippen molar-refractivity contribution in [1.29, 1.82) is 0 Å². The van der Waals surface area contributed by atoms with Crippen molar-refractivity contribution < 1.29 is 13.8 Å². The minimum absolute atomic E-state index is 0.0835. The van der Waals surface area contributed by atoms with E-state index in [0.717, 1.165) is 0 Å². The van der Waals surface area contributed by atoms with Gasteiger partial charge < -0.3 is 11.1 Å². The molecule has 1 amide bonds. The van der Waals surface area contributed by atoms with Gasteiger partial charge >= 0.3 is 0 Å². The lowest BCUT2D eigenvalue weighted by Gasteiger charge is -2.13. The first-order valence-corrected chi connectivity index (χ1v) is 5.64. The number of anilines is 1. The molecule has 0 aliphatic heterocycles. The van der Waals surface area contributed by atoms with E-state index < -0.39 is 11.9 Å². The van der Waals surface area contributed by atoms with Crippen LogP contribution < -0.4 is 11.1 Å². The highest BCUT2D eigenvalue weighted by atomic mass is 19.1. The van der Waals surface area contributed by atoms with Crippen LogP contribution in [0.3, 0.4) is 0 Å². The number of nitrogens with zero attached hydrogens (tertiary/aromatic N) is 2. The molecule has 0 fully saturated rings. The number of aromatic nitrogens is 2. The third kappa shape index (κ3) is 2.70. The van der Waals surface area contributed by atoms with Crippen LogP contribution in [-0.4, -0.2) is 16.2 Å². The molecule has 0 saturated heterocycles. The molecule has 6 nitrogen and oxygen atoms in total. The third-order valence-corrected chi connectivity index (χ3v) is 2.77. The molecule has 2 rings (SSSR count). The first kappa shape index (κ1) is 13.0. The number of carbonyl (C=O) groups excluding carboxylic acids is 1. The van der Waals surface area contributed by atoms with Gasteiger partial charge in [0.25, 0.3) is 5.91 Å². The maximum Gasteiger partial charge on any atom is 0.277 e. The number of amides is 1. The van der Waals surface area contributed by atoms with Gasteiger partial charge in [-0.3, -0.25) is 4.79 Å². The molecule has 0 spiro atoms. The fraction of sp³-hybridized carbons (Fsp3) is 0.250. The van der Waals surface area contributed by atoms with E-state index in [0.29, 0.717) is 11.1 Å². The molecule has 0 radical (unpaired) electrons. The molecule has 1 aromatic carbocycles. The van der Waals surface area contributed by atoms with Gasteiger partial charge in [0, 0.05) is 0 Å². The zero-order valence-corrected chi connectivity index (χ0v) is 10.5. The summed E-state index contributed by atoms with van der Waals surface area (Å²) in [7, 11) is 0. The van der Waals surface area contributed by atoms with Gasteiger partial charge in [-0.05, 0) is 41.4 Å². The van der Waals surface area contributed by atoms with Crippen molar-refractivity contribution in [2.24, 2.45) is 0 Å². The average molecular weight is 264 g/mol. The fourth-order valence-electron chi connectivity index (χ4n) is 1.58. The van der Waals surface area contributed by atoms with Gasteiger partial charge in [-0.15, -0.1) is 0 Å². The maximum absolute atomic E-state index is 13.4. The second-order valence-electron chi connectivity index (χ2n) is 4.20. The van der Waals surface area contributed by atoms with Crippen LogP contribution in [0.1, 0.15) is 34.6 Å². The molecule has 3 N–H and O–H groups in total. The molecule has 0 bridgehead atoms. The maximum atomic E-state index is 13.4. The highest BCUT2D eigenvalue weighted by Gasteiger charge is 2.18. The van der Waals surface area contributed by atoms with Crippen LogP contribution in [-0.2, 0) is 0 Å². The standard InChI is InChI=1S/C12H13FN4O2/c1-6-3-4-8(5-9(6)13)7(2)15-12(18)10-11(14)17-19-16-10/h3-5,7H,1-2H3,(H2,14,17)(H,15,18). The molecule has 1 aromatic heterocycles. The Morgan fingerprint density at radius 2 is 2.21 bits per heavy atom. The molecule has 7 heteroatoms. The Hall–Kier alpha value is -2.44. The van der Waals surface area contributed by atoms with Crippen molar-refractivity contribution in [2.45, 2.75) is 19.9 Å². The van der Waals surface area contributed by atoms with Gasteiger partial charge in [-0.1, -0.05) is 12.1 Å². The summed E-state index contributed by atoms with van der Waals surface area (Å²) in [6, 6.07) is 4.39. The highest BCUT2D eigenvalue weighted by molar-refractivity contribution is 5.96. The number of nitrogens with two attached hydrogens (primary N) is 1. The van der Waals surface area contributed by atoms with Gasteiger partial charge in [0.05, 0.1) is 6.04 Å². The predicted molar refractivity (Wildman–Crippen MR) is 65.7 cm³/mol. The minimum atomic E-state index is -0.521. The topological polar surface area (TPSA) is 94.0 Å². The summed E-state index contributed by atoms with van der Waals surface area (Å²) in [5, 5.41) is 9.35. The van der Waals surface area contributed by atoms with Gasteiger partial charge in [0.2, 0.25) is 11.5 Å². The van der Waals surface area contributed by atoms with E-state index in [1.165, 1.54) is 6.07 Å². The number of benzene rings is 1. The monoisotopic (exact) mass is 264 g/mol. The van der Waals surface area contributed by atoms with Crippen molar-refractivity contribution in [3.05, 3.63) is 40.8 Å². The zero-order chi connectivity index (χ0) is 14.0. The van der Waals surface area contributed by atoms with Crippen molar-refractivity contribution in [2.75, 3.05) is 5.73 Å². The Kier molecular flexibility index (Phi) is 3.46. The summed E-state index contributed by atoms with van der Waals surface area (Å²) in [6.07, 6.45) is 0. The summed E-state index contributed by atoms with van der Waals surface area (Å²) in [4.78, 5) is 11.8. The molecule has 1 atom stereocenters. The average Bonchev–Trinajstić information content (AvgIpc) is 2.79. The lowest BCUT2D eigenvalue weighted by Crippen LogP contribution is -2.27. The lowest BCUT2D eigenvalue weighted by atomic mass is 10.1. The first-order chi connectivity index (χ1) is 8.99. The summed E-state index contributed by atoms with van der Waals surface area (Å²) < 4.78 is 17.8. The molecule has 0 aliphatic carbocycles. The van der Waals surface area contributed by atoms with E-state index in [2.05, 4.69) is 20.3 Å². The number of nitrogens with one attached hydrogen (secondary N) is 1. The zero-order valence-electron chi connectivity index (χ0n) is 10.5.